The minimum atomic E-state index is 0.610. The van der Waals surface area contributed by atoms with Crippen LogP contribution in [-0.4, -0.2) is 59.7 Å². The van der Waals surface area contributed by atoms with E-state index in [0.29, 0.717) is 6.04 Å². The van der Waals surface area contributed by atoms with Crippen LogP contribution in [-0.2, 0) is 4.74 Å². The molecule has 0 radical (unpaired) electrons. The van der Waals surface area contributed by atoms with Gasteiger partial charge in [0.05, 0.1) is 6.61 Å². The molecule has 2 fully saturated rings. The first-order valence-corrected chi connectivity index (χ1v) is 8.24. The van der Waals surface area contributed by atoms with E-state index in [-0.39, 0.29) is 0 Å². The van der Waals surface area contributed by atoms with E-state index in [2.05, 4.69) is 26.2 Å². The van der Waals surface area contributed by atoms with Crippen LogP contribution in [0.4, 0.5) is 5.13 Å². The lowest BCUT2D eigenvalue weighted by Crippen LogP contribution is -2.50. The van der Waals surface area contributed by atoms with Gasteiger partial charge in [-0.2, -0.15) is 4.37 Å². The third-order valence-electron chi connectivity index (χ3n) is 4.78. The number of anilines is 1. The average molecular weight is 296 g/mol. The van der Waals surface area contributed by atoms with Gasteiger partial charge in [0.1, 0.15) is 5.82 Å². The van der Waals surface area contributed by atoms with Crippen molar-refractivity contribution in [2.24, 2.45) is 0 Å². The molecule has 1 aromatic heterocycles. The third-order valence-corrected chi connectivity index (χ3v) is 5.68. The molecule has 112 valence electrons. The van der Waals surface area contributed by atoms with Gasteiger partial charge in [-0.15, -0.1) is 0 Å². The zero-order chi connectivity index (χ0) is 14.1. The van der Waals surface area contributed by atoms with Crippen molar-refractivity contribution in [3.05, 3.63) is 5.82 Å². The van der Waals surface area contributed by atoms with Gasteiger partial charge in [0.15, 0.2) is 0 Å². The van der Waals surface area contributed by atoms with E-state index in [1.54, 1.807) is 7.11 Å². The van der Waals surface area contributed by atoms with E-state index >= 15 is 0 Å². The van der Waals surface area contributed by atoms with Crippen molar-refractivity contribution < 1.29 is 4.74 Å². The van der Waals surface area contributed by atoms with E-state index < -0.39 is 0 Å². The standard InChI is InChI=1S/C14H24N4OS/c1-10-15-14(20-16-10)17(2)13-8-11-4-5-12(9-13)18(11)6-7-19-3/h11-13H,4-9H2,1-3H3/t11-,12-/m0/s1. The van der Waals surface area contributed by atoms with Crippen LogP contribution in [0.5, 0.6) is 0 Å². The number of hydrogen-bond acceptors (Lipinski definition) is 6. The number of methoxy groups -OCH3 is 1. The molecule has 3 rings (SSSR count). The van der Waals surface area contributed by atoms with Crippen LogP contribution in [0.25, 0.3) is 0 Å². The second kappa shape index (κ2) is 5.95. The summed E-state index contributed by atoms with van der Waals surface area (Å²) in [6, 6.07) is 2.06. The minimum absolute atomic E-state index is 0.610. The molecule has 20 heavy (non-hydrogen) atoms. The molecule has 2 aliphatic rings. The van der Waals surface area contributed by atoms with E-state index in [9.17, 15) is 0 Å². The summed E-state index contributed by atoms with van der Waals surface area (Å²) in [5, 5.41) is 1.07. The highest BCUT2D eigenvalue weighted by Gasteiger charge is 2.41. The Bertz CT molecular complexity index is 438. The maximum absolute atomic E-state index is 5.25. The minimum Gasteiger partial charge on any atom is -0.383 e. The third kappa shape index (κ3) is 2.69. The Kier molecular flexibility index (Phi) is 4.23. The van der Waals surface area contributed by atoms with Crippen molar-refractivity contribution >= 4 is 16.7 Å². The van der Waals surface area contributed by atoms with Crippen molar-refractivity contribution in [1.82, 2.24) is 14.3 Å². The molecular formula is C14H24N4OS. The van der Waals surface area contributed by atoms with Crippen LogP contribution in [0.3, 0.4) is 0 Å². The normalized spacial score (nSPS) is 29.9. The first-order chi connectivity index (χ1) is 9.69. The van der Waals surface area contributed by atoms with Gasteiger partial charge in [-0.3, -0.25) is 4.90 Å². The van der Waals surface area contributed by atoms with E-state index in [1.807, 2.05) is 6.92 Å². The molecule has 0 unspecified atom stereocenters. The van der Waals surface area contributed by atoms with E-state index in [4.69, 9.17) is 4.74 Å². The molecule has 6 heteroatoms. The predicted octanol–water partition coefficient (Wildman–Crippen LogP) is 1.92. The molecule has 0 spiro atoms. The van der Waals surface area contributed by atoms with Crippen LogP contribution in [0.2, 0.25) is 0 Å². The lowest BCUT2D eigenvalue weighted by Gasteiger charge is -2.42. The Morgan fingerprint density at radius 1 is 1.35 bits per heavy atom. The Labute approximate surface area is 125 Å². The molecular weight excluding hydrogens is 272 g/mol. The zero-order valence-corrected chi connectivity index (χ0v) is 13.4. The first kappa shape index (κ1) is 14.2. The molecule has 0 N–H and O–H groups in total. The number of fused-ring (bicyclic) bond motifs is 2. The quantitative estimate of drug-likeness (QED) is 0.830. The van der Waals surface area contributed by atoms with Gasteiger partial charge in [0.2, 0.25) is 5.13 Å². The Morgan fingerprint density at radius 2 is 2.05 bits per heavy atom. The highest BCUT2D eigenvalue weighted by Crippen LogP contribution is 2.38. The Morgan fingerprint density at radius 3 is 2.60 bits per heavy atom. The summed E-state index contributed by atoms with van der Waals surface area (Å²) in [7, 11) is 3.97. The number of hydrogen-bond donors (Lipinski definition) is 0. The van der Waals surface area contributed by atoms with Gasteiger partial charge in [0, 0.05) is 50.4 Å². The fourth-order valence-electron chi connectivity index (χ4n) is 3.71. The number of nitrogens with zero attached hydrogens (tertiary/aromatic N) is 4. The molecule has 0 saturated carbocycles. The summed E-state index contributed by atoms with van der Waals surface area (Å²) in [5.41, 5.74) is 0. The Balaban J connectivity index is 1.64. The van der Waals surface area contributed by atoms with Crippen LogP contribution >= 0.6 is 11.5 Å². The number of rotatable bonds is 5. The summed E-state index contributed by atoms with van der Waals surface area (Å²) >= 11 is 1.52. The highest BCUT2D eigenvalue weighted by atomic mass is 32.1. The molecule has 0 aromatic carbocycles. The fourth-order valence-corrected chi connectivity index (χ4v) is 4.41. The summed E-state index contributed by atoms with van der Waals surface area (Å²) in [5.74, 6) is 0.886. The van der Waals surface area contributed by atoms with Gasteiger partial charge in [-0.05, 0) is 32.6 Å². The maximum Gasteiger partial charge on any atom is 0.205 e. The van der Waals surface area contributed by atoms with Gasteiger partial charge in [-0.1, -0.05) is 0 Å². The van der Waals surface area contributed by atoms with Crippen molar-refractivity contribution in [3.8, 4) is 0 Å². The number of aryl methyl sites for hydroxylation is 1. The second-order valence-electron chi connectivity index (χ2n) is 5.98. The van der Waals surface area contributed by atoms with E-state index in [1.165, 1.54) is 37.2 Å². The maximum atomic E-state index is 5.25. The SMILES string of the molecule is COCCN1[C@H]2CC[C@H]1CC(N(C)c1nc(C)ns1)C2. The molecule has 2 aliphatic heterocycles. The number of aromatic nitrogens is 2. The molecule has 0 amide bonds. The van der Waals surface area contributed by atoms with Gasteiger partial charge < -0.3 is 9.64 Å². The van der Waals surface area contributed by atoms with Crippen LogP contribution in [0.15, 0.2) is 0 Å². The predicted molar refractivity (Wildman–Crippen MR) is 81.5 cm³/mol. The van der Waals surface area contributed by atoms with E-state index in [0.717, 1.165) is 36.2 Å². The van der Waals surface area contributed by atoms with Crippen LogP contribution < -0.4 is 4.90 Å². The lowest BCUT2D eigenvalue weighted by molar-refractivity contribution is 0.0831. The molecule has 5 nitrogen and oxygen atoms in total. The summed E-state index contributed by atoms with van der Waals surface area (Å²) in [4.78, 5) is 9.54. The summed E-state index contributed by atoms with van der Waals surface area (Å²) in [6.07, 6.45) is 5.17. The summed E-state index contributed by atoms with van der Waals surface area (Å²) < 4.78 is 9.55. The zero-order valence-electron chi connectivity index (χ0n) is 12.6. The van der Waals surface area contributed by atoms with Crippen LogP contribution in [0.1, 0.15) is 31.5 Å². The molecule has 2 saturated heterocycles. The lowest BCUT2D eigenvalue weighted by atomic mass is 9.96. The van der Waals surface area contributed by atoms with Gasteiger partial charge in [-0.25, -0.2) is 4.98 Å². The first-order valence-electron chi connectivity index (χ1n) is 7.47. The second-order valence-corrected chi connectivity index (χ2v) is 6.71. The number of piperidine rings is 1. The van der Waals surface area contributed by atoms with Crippen molar-refractivity contribution in [2.75, 3.05) is 32.2 Å². The molecule has 3 heterocycles. The Hall–Kier alpha value is -0.720. The smallest absolute Gasteiger partial charge is 0.205 e. The monoisotopic (exact) mass is 296 g/mol. The van der Waals surface area contributed by atoms with Gasteiger partial charge in [0.25, 0.3) is 0 Å². The van der Waals surface area contributed by atoms with Crippen molar-refractivity contribution in [3.63, 3.8) is 0 Å². The van der Waals surface area contributed by atoms with Crippen molar-refractivity contribution in [1.29, 1.82) is 0 Å². The summed E-state index contributed by atoms with van der Waals surface area (Å²) in [6.45, 7) is 3.90. The molecule has 2 atom stereocenters. The largest absolute Gasteiger partial charge is 0.383 e. The van der Waals surface area contributed by atoms with Crippen LogP contribution in [0, 0.1) is 6.92 Å². The average Bonchev–Trinajstić information content (AvgIpc) is 2.96. The van der Waals surface area contributed by atoms with Gasteiger partial charge >= 0.3 is 0 Å². The number of ether oxygens (including phenoxy) is 1. The fraction of sp³-hybridized carbons (Fsp3) is 0.857. The molecule has 0 aliphatic carbocycles. The molecule has 2 bridgehead atoms. The molecule has 1 aromatic rings. The topological polar surface area (TPSA) is 41.5 Å². The highest BCUT2D eigenvalue weighted by molar-refractivity contribution is 7.09. The van der Waals surface area contributed by atoms with Crippen molar-refractivity contribution in [2.45, 2.75) is 50.7 Å².